The Balaban J connectivity index is 1.64. The number of thiophene rings is 1. The molecule has 7 heteroatoms. The van der Waals surface area contributed by atoms with Crippen molar-refractivity contribution in [1.29, 1.82) is 0 Å². The van der Waals surface area contributed by atoms with Gasteiger partial charge in [-0.25, -0.2) is 0 Å². The van der Waals surface area contributed by atoms with Gasteiger partial charge in [-0.3, -0.25) is 4.79 Å². The summed E-state index contributed by atoms with van der Waals surface area (Å²) in [4.78, 5) is 14.3. The fourth-order valence-corrected chi connectivity index (χ4v) is 4.92. The van der Waals surface area contributed by atoms with Crippen molar-refractivity contribution in [3.05, 3.63) is 83.2 Å². The normalized spacial score (nSPS) is 11.9. The summed E-state index contributed by atoms with van der Waals surface area (Å²) in [5.74, 6) is 0.749. The molecule has 1 atom stereocenters. The number of nitrogens with one attached hydrogen (secondary N) is 1. The summed E-state index contributed by atoms with van der Waals surface area (Å²) in [5.41, 5.74) is 2.86. The van der Waals surface area contributed by atoms with Crippen LogP contribution >= 0.6 is 23.1 Å². The third kappa shape index (κ3) is 4.47. The van der Waals surface area contributed by atoms with Crippen LogP contribution in [0.4, 0.5) is 5.69 Å². The number of hydrogen-bond acceptors (Lipinski definition) is 5. The maximum Gasteiger partial charge on any atom is 0.242 e. The van der Waals surface area contributed by atoms with Crippen LogP contribution in [0.25, 0.3) is 10.7 Å². The first kappa shape index (κ1) is 20.4. The largest absolute Gasteiger partial charge is 0.325 e. The zero-order chi connectivity index (χ0) is 20.9. The molecule has 0 radical (unpaired) electrons. The molecule has 5 nitrogen and oxygen atoms in total. The van der Waals surface area contributed by atoms with Gasteiger partial charge in [0.15, 0.2) is 11.0 Å². The highest BCUT2D eigenvalue weighted by atomic mass is 32.2. The fourth-order valence-electron chi connectivity index (χ4n) is 3.10. The Hall–Kier alpha value is -2.90. The number of benzene rings is 2. The van der Waals surface area contributed by atoms with Gasteiger partial charge >= 0.3 is 0 Å². The van der Waals surface area contributed by atoms with E-state index in [1.165, 1.54) is 11.8 Å². The minimum atomic E-state index is -0.446. The molecule has 0 saturated carbocycles. The zero-order valence-electron chi connectivity index (χ0n) is 16.8. The number of aromatic nitrogens is 3. The Morgan fingerprint density at radius 3 is 2.50 bits per heavy atom. The van der Waals surface area contributed by atoms with Crippen LogP contribution in [0.1, 0.15) is 23.3 Å². The molecule has 1 unspecified atom stereocenters. The smallest absolute Gasteiger partial charge is 0.242 e. The summed E-state index contributed by atoms with van der Waals surface area (Å²) < 4.78 is 2.06. The third-order valence-corrected chi connectivity index (χ3v) is 6.76. The van der Waals surface area contributed by atoms with Gasteiger partial charge < -0.3 is 9.88 Å². The summed E-state index contributed by atoms with van der Waals surface area (Å²) >= 11 is 3.06. The van der Waals surface area contributed by atoms with Crippen molar-refractivity contribution in [3.8, 4) is 10.7 Å². The molecule has 2 aromatic heterocycles. The summed E-state index contributed by atoms with van der Waals surface area (Å²) in [6.45, 7) is 4.81. The van der Waals surface area contributed by atoms with Crippen LogP contribution in [-0.2, 0) is 11.3 Å². The van der Waals surface area contributed by atoms with Crippen molar-refractivity contribution in [3.63, 3.8) is 0 Å². The molecule has 0 aliphatic heterocycles. The van der Waals surface area contributed by atoms with Crippen molar-refractivity contribution in [1.82, 2.24) is 14.8 Å². The summed E-state index contributed by atoms with van der Waals surface area (Å²) in [5, 5.41) is 14.2. The van der Waals surface area contributed by atoms with Crippen LogP contribution in [0.3, 0.4) is 0 Å². The second kappa shape index (κ2) is 9.28. The van der Waals surface area contributed by atoms with E-state index in [0.29, 0.717) is 0 Å². The topological polar surface area (TPSA) is 59.8 Å². The molecule has 30 heavy (non-hydrogen) atoms. The lowest BCUT2D eigenvalue weighted by molar-refractivity contribution is -0.115. The molecule has 0 bridgehead atoms. The molecule has 152 valence electrons. The van der Waals surface area contributed by atoms with E-state index in [0.717, 1.165) is 39.2 Å². The number of anilines is 1. The van der Waals surface area contributed by atoms with Crippen molar-refractivity contribution in [2.75, 3.05) is 5.32 Å². The van der Waals surface area contributed by atoms with E-state index in [9.17, 15) is 4.79 Å². The molecule has 1 amide bonds. The number of carbonyl (C=O) groups excluding carboxylic acids is 1. The average Bonchev–Trinajstić information content (AvgIpc) is 3.43. The van der Waals surface area contributed by atoms with Gasteiger partial charge in [0.2, 0.25) is 5.91 Å². The predicted octanol–water partition coefficient (Wildman–Crippen LogP) is 5.81. The SMILES string of the molecule is CCn1c(SC(C(=O)Nc2ccc(C)cc2)c2ccccc2)nnc1-c1cccs1. The highest BCUT2D eigenvalue weighted by Gasteiger charge is 2.26. The Kier molecular flexibility index (Phi) is 6.30. The van der Waals surface area contributed by atoms with E-state index in [-0.39, 0.29) is 5.91 Å². The van der Waals surface area contributed by atoms with Crippen molar-refractivity contribution in [2.45, 2.75) is 30.8 Å². The Bertz CT molecular complexity index is 1110. The van der Waals surface area contributed by atoms with E-state index in [2.05, 4.69) is 27.0 Å². The third-order valence-electron chi connectivity index (χ3n) is 4.66. The molecule has 2 heterocycles. The number of nitrogens with zero attached hydrogens (tertiary/aromatic N) is 3. The second-order valence-electron chi connectivity index (χ2n) is 6.79. The molecule has 0 aliphatic rings. The molecular weight excluding hydrogens is 412 g/mol. The first-order valence-electron chi connectivity index (χ1n) is 9.72. The second-order valence-corrected chi connectivity index (χ2v) is 8.81. The quantitative estimate of drug-likeness (QED) is 0.373. The van der Waals surface area contributed by atoms with Gasteiger partial charge in [-0.15, -0.1) is 21.5 Å². The van der Waals surface area contributed by atoms with Gasteiger partial charge in [0.05, 0.1) is 4.88 Å². The number of thioether (sulfide) groups is 1. The van der Waals surface area contributed by atoms with E-state index >= 15 is 0 Å². The van der Waals surface area contributed by atoms with Crippen molar-refractivity contribution < 1.29 is 4.79 Å². The van der Waals surface area contributed by atoms with Crippen LogP contribution in [0, 0.1) is 6.92 Å². The van der Waals surface area contributed by atoms with Gasteiger partial charge in [0, 0.05) is 12.2 Å². The van der Waals surface area contributed by atoms with E-state index in [1.807, 2.05) is 79.0 Å². The highest BCUT2D eigenvalue weighted by molar-refractivity contribution is 8.00. The molecule has 4 aromatic rings. The summed E-state index contributed by atoms with van der Waals surface area (Å²) in [6, 6.07) is 21.6. The zero-order valence-corrected chi connectivity index (χ0v) is 18.4. The lowest BCUT2D eigenvalue weighted by Gasteiger charge is -2.17. The number of aryl methyl sites for hydroxylation is 1. The van der Waals surface area contributed by atoms with E-state index in [1.54, 1.807) is 11.3 Å². The van der Waals surface area contributed by atoms with Gasteiger partial charge in [0.25, 0.3) is 0 Å². The van der Waals surface area contributed by atoms with Gasteiger partial charge in [-0.2, -0.15) is 0 Å². The van der Waals surface area contributed by atoms with Crippen LogP contribution in [0.2, 0.25) is 0 Å². The maximum absolute atomic E-state index is 13.3. The lowest BCUT2D eigenvalue weighted by atomic mass is 10.1. The number of amides is 1. The molecule has 0 aliphatic carbocycles. The molecule has 4 rings (SSSR count). The molecule has 0 fully saturated rings. The molecule has 2 aromatic carbocycles. The minimum absolute atomic E-state index is 0.0848. The maximum atomic E-state index is 13.3. The molecule has 0 saturated heterocycles. The van der Waals surface area contributed by atoms with Crippen LogP contribution in [0.5, 0.6) is 0 Å². The fraction of sp³-hybridized carbons (Fsp3) is 0.174. The van der Waals surface area contributed by atoms with Crippen molar-refractivity contribution in [2.24, 2.45) is 0 Å². The van der Waals surface area contributed by atoms with Gasteiger partial charge in [0.1, 0.15) is 5.25 Å². The number of rotatable bonds is 7. The molecule has 0 spiro atoms. The first-order valence-corrected chi connectivity index (χ1v) is 11.5. The average molecular weight is 435 g/mol. The van der Waals surface area contributed by atoms with E-state index < -0.39 is 5.25 Å². The predicted molar refractivity (Wildman–Crippen MR) is 124 cm³/mol. The summed E-state index contributed by atoms with van der Waals surface area (Å²) in [7, 11) is 0. The summed E-state index contributed by atoms with van der Waals surface area (Å²) in [6.07, 6.45) is 0. The van der Waals surface area contributed by atoms with Crippen LogP contribution in [-0.4, -0.2) is 20.7 Å². The Labute approximate surface area is 184 Å². The number of carbonyl (C=O) groups is 1. The first-order chi connectivity index (χ1) is 14.7. The van der Waals surface area contributed by atoms with Crippen LogP contribution in [0.15, 0.2) is 77.3 Å². The monoisotopic (exact) mass is 434 g/mol. The molecule has 1 N–H and O–H groups in total. The van der Waals surface area contributed by atoms with Gasteiger partial charge in [-0.05, 0) is 43.0 Å². The Morgan fingerprint density at radius 2 is 1.83 bits per heavy atom. The Morgan fingerprint density at radius 1 is 1.07 bits per heavy atom. The molecular formula is C23H22N4OS2. The standard InChI is InChI=1S/C23H22N4OS2/c1-3-27-21(19-10-7-15-29-19)25-26-23(27)30-20(17-8-5-4-6-9-17)22(28)24-18-13-11-16(2)12-14-18/h4-15,20H,3H2,1-2H3,(H,24,28). The van der Waals surface area contributed by atoms with Crippen LogP contribution < -0.4 is 5.32 Å². The van der Waals surface area contributed by atoms with Gasteiger partial charge in [-0.1, -0.05) is 65.9 Å². The minimum Gasteiger partial charge on any atom is -0.325 e. The lowest BCUT2D eigenvalue weighted by Crippen LogP contribution is -2.19. The number of hydrogen-bond donors (Lipinski definition) is 1. The van der Waals surface area contributed by atoms with Crippen molar-refractivity contribution >= 4 is 34.7 Å². The van der Waals surface area contributed by atoms with E-state index in [4.69, 9.17) is 0 Å². The highest BCUT2D eigenvalue weighted by Crippen LogP contribution is 2.37.